The van der Waals surface area contributed by atoms with E-state index in [1.165, 1.54) is 17.8 Å². The minimum Gasteiger partial charge on any atom is -0.354 e. The van der Waals surface area contributed by atoms with Crippen LogP contribution in [-0.2, 0) is 11.2 Å². The molecule has 0 saturated heterocycles. The number of nitrogens with one attached hydrogen (secondary N) is 2. The topological polar surface area (TPSA) is 98.6 Å². The van der Waals surface area contributed by atoms with Crippen LogP contribution in [0.3, 0.4) is 0 Å². The Balaban J connectivity index is 2.51. The molecule has 2 N–H and O–H groups in total. The van der Waals surface area contributed by atoms with Crippen LogP contribution in [0.15, 0.2) is 16.0 Å². The lowest BCUT2D eigenvalue weighted by Crippen LogP contribution is -2.26. The first-order valence-electron chi connectivity index (χ1n) is 6.02. The number of aromatic nitrogens is 2. The van der Waals surface area contributed by atoms with Crippen molar-refractivity contribution in [1.29, 1.82) is 5.26 Å². The van der Waals surface area contributed by atoms with Gasteiger partial charge in [-0.25, -0.2) is 4.98 Å². The van der Waals surface area contributed by atoms with E-state index in [4.69, 9.17) is 5.26 Å². The highest BCUT2D eigenvalue weighted by Crippen LogP contribution is 2.11. The molecule has 0 fully saturated rings. The van der Waals surface area contributed by atoms with Crippen molar-refractivity contribution in [2.45, 2.75) is 31.3 Å². The van der Waals surface area contributed by atoms with Gasteiger partial charge in [-0.05, 0) is 6.42 Å². The molecule has 102 valence electrons. The molecule has 0 aliphatic heterocycles. The summed E-state index contributed by atoms with van der Waals surface area (Å²) >= 11 is 1.18. The summed E-state index contributed by atoms with van der Waals surface area (Å²) in [5.74, 6) is -0.00646. The third-order valence-electron chi connectivity index (χ3n) is 2.18. The Morgan fingerprint density at radius 2 is 2.42 bits per heavy atom. The zero-order valence-corrected chi connectivity index (χ0v) is 11.5. The lowest BCUT2D eigenvalue weighted by atomic mass is 10.2. The van der Waals surface area contributed by atoms with Crippen LogP contribution in [0.4, 0.5) is 0 Å². The molecule has 1 rings (SSSR count). The van der Waals surface area contributed by atoms with Gasteiger partial charge in [0.2, 0.25) is 5.91 Å². The predicted octanol–water partition coefficient (Wildman–Crippen LogP) is 0.844. The van der Waals surface area contributed by atoms with E-state index in [2.05, 4.69) is 15.3 Å². The summed E-state index contributed by atoms with van der Waals surface area (Å²) < 4.78 is 0. The predicted molar refractivity (Wildman–Crippen MR) is 72.8 cm³/mol. The number of aromatic amines is 1. The highest BCUT2D eigenvalue weighted by Gasteiger charge is 2.05. The van der Waals surface area contributed by atoms with E-state index in [0.29, 0.717) is 11.7 Å². The third-order valence-corrected chi connectivity index (χ3v) is 3.05. The maximum atomic E-state index is 11.4. The van der Waals surface area contributed by atoms with Crippen LogP contribution < -0.4 is 10.9 Å². The lowest BCUT2D eigenvalue weighted by Gasteiger charge is -2.04. The molecule has 1 heterocycles. The second-order valence-corrected chi connectivity index (χ2v) is 4.80. The molecule has 0 saturated carbocycles. The SMILES string of the molecule is CCCc1cc(=O)[nH]c(SCC(=O)NCCC#N)n1. The van der Waals surface area contributed by atoms with Crippen molar-refractivity contribution in [1.82, 2.24) is 15.3 Å². The van der Waals surface area contributed by atoms with Gasteiger partial charge in [0.1, 0.15) is 0 Å². The van der Waals surface area contributed by atoms with Crippen molar-refractivity contribution < 1.29 is 4.79 Å². The van der Waals surface area contributed by atoms with E-state index in [9.17, 15) is 9.59 Å². The molecule has 0 aliphatic rings. The Kier molecular flexibility index (Phi) is 6.68. The first kappa shape index (κ1) is 15.2. The molecule has 7 heteroatoms. The van der Waals surface area contributed by atoms with Crippen molar-refractivity contribution in [3.05, 3.63) is 22.1 Å². The summed E-state index contributed by atoms with van der Waals surface area (Å²) in [5.41, 5.74) is 0.532. The number of thioether (sulfide) groups is 1. The minimum atomic E-state index is -0.203. The van der Waals surface area contributed by atoms with Gasteiger partial charge in [-0.2, -0.15) is 5.26 Å². The summed E-state index contributed by atoms with van der Waals surface area (Å²) in [5, 5.41) is 11.4. The molecule has 0 aromatic carbocycles. The average molecular weight is 280 g/mol. The van der Waals surface area contributed by atoms with Gasteiger partial charge < -0.3 is 10.3 Å². The van der Waals surface area contributed by atoms with Crippen LogP contribution in [0.1, 0.15) is 25.5 Å². The third kappa shape index (κ3) is 6.06. The van der Waals surface area contributed by atoms with Crippen molar-refractivity contribution >= 4 is 17.7 Å². The number of H-pyrrole nitrogens is 1. The van der Waals surface area contributed by atoms with Gasteiger partial charge >= 0.3 is 0 Å². The fourth-order valence-corrected chi connectivity index (χ4v) is 2.10. The van der Waals surface area contributed by atoms with E-state index >= 15 is 0 Å². The van der Waals surface area contributed by atoms with Crippen LogP contribution in [0.25, 0.3) is 0 Å². The minimum absolute atomic E-state index is 0.171. The van der Waals surface area contributed by atoms with E-state index in [1.54, 1.807) is 0 Å². The molecule has 19 heavy (non-hydrogen) atoms. The van der Waals surface area contributed by atoms with Gasteiger partial charge in [0.05, 0.1) is 18.2 Å². The van der Waals surface area contributed by atoms with E-state index in [0.717, 1.165) is 18.5 Å². The highest BCUT2D eigenvalue weighted by atomic mass is 32.2. The molecule has 0 atom stereocenters. The normalized spacial score (nSPS) is 9.89. The number of hydrogen-bond donors (Lipinski definition) is 2. The Hall–Kier alpha value is -1.81. The number of hydrogen-bond acceptors (Lipinski definition) is 5. The number of aryl methyl sites for hydroxylation is 1. The Labute approximate surface area is 115 Å². The van der Waals surface area contributed by atoms with Crippen LogP contribution in [0, 0.1) is 11.3 Å². The summed E-state index contributed by atoms with van der Waals surface area (Å²) in [4.78, 5) is 29.7. The highest BCUT2D eigenvalue weighted by molar-refractivity contribution is 7.99. The van der Waals surface area contributed by atoms with E-state index < -0.39 is 0 Å². The molecule has 1 aromatic rings. The van der Waals surface area contributed by atoms with Gasteiger partial charge in [0.15, 0.2) is 5.16 Å². The molecule has 1 amide bonds. The van der Waals surface area contributed by atoms with Crippen molar-refractivity contribution in [3.8, 4) is 6.07 Å². The lowest BCUT2D eigenvalue weighted by molar-refractivity contribution is -0.118. The number of rotatable bonds is 7. The Morgan fingerprint density at radius 1 is 1.63 bits per heavy atom. The van der Waals surface area contributed by atoms with Crippen LogP contribution in [-0.4, -0.2) is 28.2 Å². The number of carbonyl (C=O) groups excluding carboxylic acids is 1. The number of carbonyl (C=O) groups is 1. The monoisotopic (exact) mass is 280 g/mol. The largest absolute Gasteiger partial charge is 0.354 e. The standard InChI is InChI=1S/C12H16N4O2S/c1-2-4-9-7-10(17)16-12(15-9)19-8-11(18)14-6-3-5-13/h7H,2-4,6,8H2,1H3,(H,14,18)(H,15,16,17). The zero-order valence-electron chi connectivity index (χ0n) is 10.7. The Bertz CT molecular complexity index is 521. The first-order valence-corrected chi connectivity index (χ1v) is 7.01. The average Bonchev–Trinajstić information content (AvgIpc) is 2.36. The molecule has 0 radical (unpaired) electrons. The van der Waals surface area contributed by atoms with Crippen molar-refractivity contribution in [2.24, 2.45) is 0 Å². The number of amides is 1. The van der Waals surface area contributed by atoms with Crippen molar-refractivity contribution in [2.75, 3.05) is 12.3 Å². The second-order valence-electron chi connectivity index (χ2n) is 3.84. The molecule has 6 nitrogen and oxygen atoms in total. The summed E-state index contributed by atoms with van der Waals surface area (Å²) in [7, 11) is 0. The van der Waals surface area contributed by atoms with Gasteiger partial charge in [-0.15, -0.1) is 0 Å². The summed E-state index contributed by atoms with van der Waals surface area (Å²) in [6.45, 7) is 2.36. The summed E-state index contributed by atoms with van der Waals surface area (Å²) in [6.07, 6.45) is 1.94. The molecule has 0 spiro atoms. The smallest absolute Gasteiger partial charge is 0.251 e. The fourth-order valence-electron chi connectivity index (χ4n) is 1.38. The number of nitrogens with zero attached hydrogens (tertiary/aromatic N) is 2. The molecule has 1 aromatic heterocycles. The maximum Gasteiger partial charge on any atom is 0.251 e. The number of nitriles is 1. The van der Waals surface area contributed by atoms with Crippen LogP contribution >= 0.6 is 11.8 Å². The maximum absolute atomic E-state index is 11.4. The van der Waals surface area contributed by atoms with Gasteiger partial charge in [-0.1, -0.05) is 25.1 Å². The van der Waals surface area contributed by atoms with E-state index in [-0.39, 0.29) is 23.6 Å². The molecular formula is C12H16N4O2S. The molecule has 0 unspecified atom stereocenters. The van der Waals surface area contributed by atoms with Crippen molar-refractivity contribution in [3.63, 3.8) is 0 Å². The zero-order chi connectivity index (χ0) is 14.1. The first-order chi connectivity index (χ1) is 9.15. The molecule has 0 aliphatic carbocycles. The van der Waals surface area contributed by atoms with Gasteiger partial charge in [0, 0.05) is 18.3 Å². The Morgan fingerprint density at radius 3 is 3.11 bits per heavy atom. The molecule has 0 bridgehead atoms. The summed E-state index contributed by atoms with van der Waals surface area (Å²) in [6, 6.07) is 3.42. The van der Waals surface area contributed by atoms with E-state index in [1.807, 2.05) is 13.0 Å². The fraction of sp³-hybridized carbons (Fsp3) is 0.500. The quantitative estimate of drug-likeness (QED) is 0.438. The van der Waals surface area contributed by atoms with Crippen LogP contribution in [0.5, 0.6) is 0 Å². The van der Waals surface area contributed by atoms with Crippen LogP contribution in [0.2, 0.25) is 0 Å². The second kappa shape index (κ2) is 8.32. The van der Waals surface area contributed by atoms with Gasteiger partial charge in [-0.3, -0.25) is 9.59 Å². The van der Waals surface area contributed by atoms with Gasteiger partial charge in [0.25, 0.3) is 5.56 Å². The molecular weight excluding hydrogens is 264 g/mol.